The van der Waals surface area contributed by atoms with Crippen molar-refractivity contribution >= 4 is 46.4 Å². The molecular formula is C25H24ClN3O4S. The first-order valence-electron chi connectivity index (χ1n) is 10.7. The third kappa shape index (κ3) is 5.29. The molecule has 0 unspecified atom stereocenters. The minimum Gasteiger partial charge on any atom is -0.456 e. The predicted octanol–water partition coefficient (Wildman–Crippen LogP) is 4.96. The van der Waals surface area contributed by atoms with Crippen molar-refractivity contribution in [2.45, 2.75) is 45.4 Å². The smallest absolute Gasteiger partial charge is 0.340 e. The number of rotatable bonds is 5. The minimum atomic E-state index is -0.772. The first-order valence-corrected chi connectivity index (χ1v) is 12.0. The summed E-state index contributed by atoms with van der Waals surface area (Å²) < 4.78 is 5.41. The molecule has 2 aromatic heterocycles. The number of hydrogen-bond acceptors (Lipinski definition) is 6. The van der Waals surface area contributed by atoms with Crippen molar-refractivity contribution in [3.63, 3.8) is 0 Å². The number of nitrogens with one attached hydrogen (secondary N) is 1. The topological polar surface area (TPSA) is 88.6 Å². The number of fused-ring (bicyclic) bond motifs is 1. The molecule has 9 heteroatoms. The highest BCUT2D eigenvalue weighted by Gasteiger charge is 2.36. The van der Waals surface area contributed by atoms with Gasteiger partial charge in [0.2, 0.25) is 5.91 Å². The van der Waals surface area contributed by atoms with Gasteiger partial charge in [0.1, 0.15) is 16.5 Å². The Morgan fingerprint density at radius 1 is 1.21 bits per heavy atom. The number of nitrogens with zero attached hydrogens (tertiary/aromatic N) is 2. The molecule has 1 atom stereocenters. The van der Waals surface area contributed by atoms with Crippen molar-refractivity contribution in [1.29, 1.82) is 0 Å². The van der Waals surface area contributed by atoms with Crippen LogP contribution in [0.2, 0.25) is 5.02 Å². The molecular weight excluding hydrogens is 474 g/mol. The molecule has 0 aliphatic carbocycles. The molecule has 7 nitrogen and oxygen atoms in total. The van der Waals surface area contributed by atoms with Crippen molar-refractivity contribution in [3.05, 3.63) is 80.8 Å². The van der Waals surface area contributed by atoms with Gasteiger partial charge in [-0.25, -0.2) is 4.79 Å². The van der Waals surface area contributed by atoms with Crippen molar-refractivity contribution in [3.8, 4) is 0 Å². The van der Waals surface area contributed by atoms with Crippen molar-refractivity contribution in [1.82, 2.24) is 9.88 Å². The van der Waals surface area contributed by atoms with Crippen molar-refractivity contribution in [2.75, 3.05) is 5.32 Å². The highest BCUT2D eigenvalue weighted by atomic mass is 35.5. The zero-order valence-electron chi connectivity index (χ0n) is 19.0. The second-order valence-electron chi connectivity index (χ2n) is 8.94. The zero-order chi connectivity index (χ0) is 24.5. The molecule has 0 radical (unpaired) electrons. The molecule has 3 heterocycles. The van der Waals surface area contributed by atoms with Crippen LogP contribution in [-0.4, -0.2) is 39.3 Å². The minimum absolute atomic E-state index is 0.134. The Labute approximate surface area is 206 Å². The highest BCUT2D eigenvalue weighted by molar-refractivity contribution is 7.12. The Balaban J connectivity index is 1.65. The van der Waals surface area contributed by atoms with Crippen molar-refractivity contribution < 1.29 is 19.1 Å². The Hall–Kier alpha value is -3.23. The fraction of sp³-hybridized carbons (Fsp3) is 0.280. The number of aromatic nitrogens is 1. The molecule has 0 fully saturated rings. The molecule has 0 spiro atoms. The molecule has 176 valence electrons. The van der Waals surface area contributed by atoms with Gasteiger partial charge in [0.05, 0.1) is 16.3 Å². The van der Waals surface area contributed by atoms with Crippen LogP contribution in [0.15, 0.2) is 54.0 Å². The van der Waals surface area contributed by atoms with E-state index in [9.17, 15) is 14.4 Å². The Morgan fingerprint density at radius 3 is 2.68 bits per heavy atom. The second-order valence-corrected chi connectivity index (χ2v) is 10.3. The molecule has 4 rings (SSSR count). The van der Waals surface area contributed by atoms with E-state index in [2.05, 4.69) is 10.3 Å². The standard InChI is InChI=1S/C25H24ClN3O4S/c1-25(2,3)33-24(32)17-8-7-15(12-18(17)26)14-29-20(13-16-6-4-5-10-27-16)22(30)28-19-9-11-34-21(19)23(29)31/h4-12,20H,13-14H2,1-3H3,(H,28,30)/t20-/m1/s1. The maximum absolute atomic E-state index is 13.5. The lowest BCUT2D eigenvalue weighted by molar-refractivity contribution is -0.120. The summed E-state index contributed by atoms with van der Waals surface area (Å²) >= 11 is 7.68. The van der Waals surface area contributed by atoms with E-state index >= 15 is 0 Å². The molecule has 0 bridgehead atoms. The van der Waals surface area contributed by atoms with Gasteiger partial charge in [0.25, 0.3) is 5.91 Å². The average molecular weight is 498 g/mol. The zero-order valence-corrected chi connectivity index (χ0v) is 20.6. The summed E-state index contributed by atoms with van der Waals surface area (Å²) in [7, 11) is 0. The summed E-state index contributed by atoms with van der Waals surface area (Å²) in [6, 6.07) is 11.3. The molecule has 2 amide bonds. The summed E-state index contributed by atoms with van der Waals surface area (Å²) in [5, 5.41) is 4.86. The lowest BCUT2D eigenvalue weighted by Crippen LogP contribution is -2.46. The van der Waals surface area contributed by atoms with E-state index in [4.69, 9.17) is 16.3 Å². The summed E-state index contributed by atoms with van der Waals surface area (Å²) in [5.74, 6) is -1.06. The van der Waals surface area contributed by atoms with E-state index in [-0.39, 0.29) is 35.4 Å². The van der Waals surface area contributed by atoms with Gasteiger partial charge in [-0.1, -0.05) is 23.7 Å². The van der Waals surface area contributed by atoms with Gasteiger partial charge in [0, 0.05) is 24.9 Å². The SMILES string of the molecule is CC(C)(C)OC(=O)c1ccc(CN2C(=O)c3sccc3NC(=O)[C@H]2Cc2ccccn2)cc1Cl. The van der Waals surface area contributed by atoms with E-state index in [1.54, 1.807) is 62.7 Å². The number of anilines is 1. The highest BCUT2D eigenvalue weighted by Crippen LogP contribution is 2.31. The third-order valence-electron chi connectivity index (χ3n) is 5.19. The number of pyridine rings is 1. The number of halogens is 1. The maximum Gasteiger partial charge on any atom is 0.340 e. The average Bonchev–Trinajstić information content (AvgIpc) is 3.20. The van der Waals surface area contributed by atoms with Crippen LogP contribution in [0, 0.1) is 0 Å². The largest absolute Gasteiger partial charge is 0.456 e. The number of carbonyl (C=O) groups excluding carboxylic acids is 3. The van der Waals surface area contributed by atoms with Gasteiger partial charge >= 0.3 is 5.97 Å². The maximum atomic E-state index is 13.5. The number of esters is 1. The first-order chi connectivity index (χ1) is 16.1. The van der Waals surface area contributed by atoms with Crippen LogP contribution >= 0.6 is 22.9 Å². The monoisotopic (exact) mass is 497 g/mol. The number of hydrogen-bond donors (Lipinski definition) is 1. The normalized spacial score (nSPS) is 16.0. The van der Waals surface area contributed by atoms with Crippen LogP contribution in [0.5, 0.6) is 0 Å². The number of ether oxygens (including phenoxy) is 1. The number of amides is 2. The van der Waals surface area contributed by atoms with Crippen LogP contribution in [0.1, 0.15) is 52.1 Å². The number of thiophene rings is 1. The van der Waals surface area contributed by atoms with Gasteiger partial charge < -0.3 is 15.0 Å². The van der Waals surface area contributed by atoms with E-state index in [0.29, 0.717) is 21.8 Å². The first kappa shape index (κ1) is 23.9. The van der Waals surface area contributed by atoms with E-state index in [1.165, 1.54) is 16.2 Å². The molecule has 1 N–H and O–H groups in total. The molecule has 0 saturated carbocycles. The van der Waals surface area contributed by atoms with Gasteiger partial charge in [-0.2, -0.15) is 0 Å². The fourth-order valence-electron chi connectivity index (χ4n) is 3.66. The predicted molar refractivity (Wildman–Crippen MR) is 131 cm³/mol. The van der Waals surface area contributed by atoms with Crippen molar-refractivity contribution in [2.24, 2.45) is 0 Å². The molecule has 1 aromatic carbocycles. The molecule has 1 aliphatic heterocycles. The fourth-order valence-corrected chi connectivity index (χ4v) is 4.74. The van der Waals surface area contributed by atoms with Crippen LogP contribution in [-0.2, 0) is 22.5 Å². The third-order valence-corrected chi connectivity index (χ3v) is 6.41. The molecule has 3 aromatic rings. The number of carbonyl (C=O) groups is 3. The Kier molecular flexibility index (Phi) is 6.72. The van der Waals surface area contributed by atoms with Crippen LogP contribution in [0.25, 0.3) is 0 Å². The van der Waals surface area contributed by atoms with Gasteiger partial charge in [-0.3, -0.25) is 14.6 Å². The van der Waals surface area contributed by atoms with E-state index in [0.717, 1.165) is 0 Å². The lowest BCUT2D eigenvalue weighted by atomic mass is 10.1. The summed E-state index contributed by atoms with van der Waals surface area (Å²) in [6.45, 7) is 5.48. The Bertz CT molecular complexity index is 1240. The van der Waals surface area contributed by atoms with E-state index in [1.807, 2.05) is 12.1 Å². The summed E-state index contributed by atoms with van der Waals surface area (Å²) in [5.41, 5.74) is 1.48. The van der Waals surface area contributed by atoms with E-state index < -0.39 is 17.6 Å². The summed E-state index contributed by atoms with van der Waals surface area (Å²) in [6.07, 6.45) is 1.92. The van der Waals surface area contributed by atoms with Gasteiger partial charge in [0.15, 0.2) is 0 Å². The summed E-state index contributed by atoms with van der Waals surface area (Å²) in [4.78, 5) is 45.4. The van der Waals surface area contributed by atoms with Crippen LogP contribution in [0.4, 0.5) is 5.69 Å². The molecule has 1 aliphatic rings. The number of benzene rings is 1. The van der Waals surface area contributed by atoms with Gasteiger partial charge in [-0.05, 0) is 62.0 Å². The molecule has 34 heavy (non-hydrogen) atoms. The lowest BCUT2D eigenvalue weighted by Gasteiger charge is -2.28. The Morgan fingerprint density at radius 2 is 2.00 bits per heavy atom. The van der Waals surface area contributed by atoms with Crippen LogP contribution < -0.4 is 5.32 Å². The van der Waals surface area contributed by atoms with Crippen LogP contribution in [0.3, 0.4) is 0 Å². The second kappa shape index (κ2) is 9.56. The quantitative estimate of drug-likeness (QED) is 0.503. The molecule has 0 saturated heterocycles. The van der Waals surface area contributed by atoms with Gasteiger partial charge in [-0.15, -0.1) is 11.3 Å².